The summed E-state index contributed by atoms with van der Waals surface area (Å²) in [5, 5.41) is 12.6. The van der Waals surface area contributed by atoms with Crippen molar-refractivity contribution in [1.29, 1.82) is 0 Å². The number of aliphatic hydroxyl groups excluding tert-OH is 1. The van der Waals surface area contributed by atoms with Crippen molar-refractivity contribution in [2.45, 2.75) is 26.4 Å². The molecular formula is C15H22N2O2. The summed E-state index contributed by atoms with van der Waals surface area (Å²) in [6, 6.07) is 7.77. The van der Waals surface area contributed by atoms with Crippen molar-refractivity contribution in [2.24, 2.45) is 5.92 Å². The summed E-state index contributed by atoms with van der Waals surface area (Å²) in [6.07, 6.45) is 0.523. The topological polar surface area (TPSA) is 52.6 Å². The van der Waals surface area contributed by atoms with Gasteiger partial charge in [0.1, 0.15) is 0 Å². The minimum atomic E-state index is -0.226. The molecule has 0 spiro atoms. The lowest BCUT2D eigenvalue weighted by molar-refractivity contribution is -0.118. The molecule has 1 aromatic carbocycles. The van der Waals surface area contributed by atoms with E-state index in [1.807, 2.05) is 38.1 Å². The molecule has 0 aromatic heterocycles. The highest BCUT2D eigenvalue weighted by atomic mass is 16.3. The zero-order valence-corrected chi connectivity index (χ0v) is 11.6. The fourth-order valence-electron chi connectivity index (χ4n) is 2.47. The molecule has 0 aliphatic carbocycles. The lowest BCUT2D eigenvalue weighted by atomic mass is 9.97. The van der Waals surface area contributed by atoms with Crippen LogP contribution in [0.1, 0.15) is 18.9 Å². The third-order valence-electron chi connectivity index (χ3n) is 3.73. The standard InChI is InChI=1S/C15H22N2O2/c1-11-5-3-4-6-13(11)16-15(19)10-17-8-7-14(18)12(2)9-17/h3-6,12,14,18H,7-10H2,1-2H3,(H,16,19). The van der Waals surface area contributed by atoms with E-state index in [0.29, 0.717) is 6.54 Å². The minimum absolute atomic E-state index is 0.0119. The van der Waals surface area contributed by atoms with Crippen LogP contribution < -0.4 is 5.32 Å². The average molecular weight is 262 g/mol. The van der Waals surface area contributed by atoms with Gasteiger partial charge < -0.3 is 10.4 Å². The molecule has 1 fully saturated rings. The van der Waals surface area contributed by atoms with Crippen LogP contribution in [0.4, 0.5) is 5.69 Å². The van der Waals surface area contributed by atoms with Gasteiger partial charge in [0.15, 0.2) is 0 Å². The molecule has 104 valence electrons. The largest absolute Gasteiger partial charge is 0.393 e. The molecule has 1 aromatic rings. The summed E-state index contributed by atoms with van der Waals surface area (Å²) >= 11 is 0. The summed E-state index contributed by atoms with van der Waals surface area (Å²) in [5.74, 6) is 0.248. The smallest absolute Gasteiger partial charge is 0.238 e. The van der Waals surface area contributed by atoms with E-state index < -0.39 is 0 Å². The van der Waals surface area contributed by atoms with Crippen molar-refractivity contribution in [3.63, 3.8) is 0 Å². The maximum atomic E-state index is 12.0. The maximum absolute atomic E-state index is 12.0. The molecule has 2 rings (SSSR count). The Labute approximate surface area is 114 Å². The van der Waals surface area contributed by atoms with Crippen molar-refractivity contribution in [1.82, 2.24) is 4.90 Å². The predicted molar refractivity (Wildman–Crippen MR) is 76.0 cm³/mol. The first-order chi connectivity index (χ1) is 9.06. The zero-order valence-electron chi connectivity index (χ0n) is 11.6. The van der Waals surface area contributed by atoms with Gasteiger partial charge in [0.2, 0.25) is 5.91 Å². The SMILES string of the molecule is Cc1ccccc1NC(=O)CN1CCC(O)C(C)C1. The molecule has 0 saturated carbocycles. The summed E-state index contributed by atoms with van der Waals surface area (Å²) in [4.78, 5) is 14.1. The van der Waals surface area contributed by atoms with Crippen LogP contribution >= 0.6 is 0 Å². The van der Waals surface area contributed by atoms with Crippen molar-refractivity contribution in [3.05, 3.63) is 29.8 Å². The van der Waals surface area contributed by atoms with Gasteiger partial charge in [-0.1, -0.05) is 25.1 Å². The lowest BCUT2D eigenvalue weighted by Crippen LogP contribution is -2.45. The second-order valence-electron chi connectivity index (χ2n) is 5.43. The quantitative estimate of drug-likeness (QED) is 0.870. The number of piperidine rings is 1. The van der Waals surface area contributed by atoms with Crippen LogP contribution in [-0.2, 0) is 4.79 Å². The molecule has 2 unspecified atom stereocenters. The molecule has 1 heterocycles. The van der Waals surface area contributed by atoms with Gasteiger partial charge in [-0.25, -0.2) is 0 Å². The number of para-hydroxylation sites is 1. The Kier molecular flexibility index (Phi) is 4.56. The monoisotopic (exact) mass is 262 g/mol. The van der Waals surface area contributed by atoms with Crippen molar-refractivity contribution in [3.8, 4) is 0 Å². The van der Waals surface area contributed by atoms with Gasteiger partial charge in [-0.15, -0.1) is 0 Å². The highest BCUT2D eigenvalue weighted by Crippen LogP contribution is 2.17. The number of nitrogens with one attached hydrogen (secondary N) is 1. The number of amides is 1. The van der Waals surface area contributed by atoms with Crippen molar-refractivity contribution in [2.75, 3.05) is 25.0 Å². The number of rotatable bonds is 3. The van der Waals surface area contributed by atoms with E-state index in [-0.39, 0.29) is 17.9 Å². The molecule has 19 heavy (non-hydrogen) atoms. The van der Waals surface area contributed by atoms with E-state index >= 15 is 0 Å². The Morgan fingerprint density at radius 3 is 2.89 bits per heavy atom. The zero-order chi connectivity index (χ0) is 13.8. The molecule has 4 nitrogen and oxygen atoms in total. The number of carbonyl (C=O) groups excluding carboxylic acids is 1. The first-order valence-electron chi connectivity index (χ1n) is 6.82. The molecule has 4 heteroatoms. The van der Waals surface area contributed by atoms with E-state index in [1.165, 1.54) is 0 Å². The number of nitrogens with zero attached hydrogens (tertiary/aromatic N) is 1. The Bertz CT molecular complexity index is 448. The normalized spacial score (nSPS) is 24.2. The molecule has 1 amide bonds. The molecule has 0 radical (unpaired) electrons. The van der Waals surface area contributed by atoms with Gasteiger partial charge in [-0.2, -0.15) is 0 Å². The predicted octanol–water partition coefficient (Wildman–Crippen LogP) is 1.64. The fraction of sp³-hybridized carbons (Fsp3) is 0.533. The lowest BCUT2D eigenvalue weighted by Gasteiger charge is -2.33. The van der Waals surface area contributed by atoms with E-state index in [0.717, 1.165) is 30.8 Å². The number of aliphatic hydroxyl groups is 1. The summed E-state index contributed by atoms with van der Waals surface area (Å²) < 4.78 is 0. The first-order valence-corrected chi connectivity index (χ1v) is 6.82. The Morgan fingerprint density at radius 2 is 2.21 bits per heavy atom. The Hall–Kier alpha value is -1.39. The number of likely N-dealkylation sites (tertiary alicyclic amines) is 1. The third kappa shape index (κ3) is 3.78. The molecule has 1 aliphatic rings. The van der Waals surface area contributed by atoms with Gasteiger partial charge in [-0.05, 0) is 30.9 Å². The summed E-state index contributed by atoms with van der Waals surface area (Å²) in [7, 11) is 0. The number of benzene rings is 1. The van der Waals surface area contributed by atoms with Crippen LogP contribution in [-0.4, -0.2) is 41.7 Å². The maximum Gasteiger partial charge on any atom is 0.238 e. The van der Waals surface area contributed by atoms with E-state index in [9.17, 15) is 9.90 Å². The number of hydrogen-bond acceptors (Lipinski definition) is 3. The van der Waals surface area contributed by atoms with E-state index in [2.05, 4.69) is 10.2 Å². The molecule has 1 aliphatic heterocycles. The fourth-order valence-corrected chi connectivity index (χ4v) is 2.47. The van der Waals surface area contributed by atoms with Gasteiger partial charge in [0.05, 0.1) is 12.6 Å². The number of carbonyl (C=O) groups is 1. The van der Waals surface area contributed by atoms with Crippen LogP contribution in [0.25, 0.3) is 0 Å². The third-order valence-corrected chi connectivity index (χ3v) is 3.73. The summed E-state index contributed by atoms with van der Waals surface area (Å²) in [6.45, 7) is 5.96. The van der Waals surface area contributed by atoms with Crippen LogP contribution in [0.2, 0.25) is 0 Å². The van der Waals surface area contributed by atoms with Crippen LogP contribution in [0.15, 0.2) is 24.3 Å². The van der Waals surface area contributed by atoms with Crippen LogP contribution in [0.3, 0.4) is 0 Å². The molecule has 0 bridgehead atoms. The van der Waals surface area contributed by atoms with E-state index in [1.54, 1.807) is 0 Å². The molecule has 2 N–H and O–H groups in total. The number of aryl methyl sites for hydroxylation is 1. The first kappa shape index (κ1) is 14.0. The van der Waals surface area contributed by atoms with Gasteiger partial charge in [0.25, 0.3) is 0 Å². The second kappa shape index (κ2) is 6.17. The minimum Gasteiger partial charge on any atom is -0.393 e. The molecule has 2 atom stereocenters. The van der Waals surface area contributed by atoms with Crippen LogP contribution in [0.5, 0.6) is 0 Å². The number of anilines is 1. The number of hydrogen-bond donors (Lipinski definition) is 2. The van der Waals surface area contributed by atoms with Crippen molar-refractivity contribution >= 4 is 11.6 Å². The van der Waals surface area contributed by atoms with E-state index in [4.69, 9.17) is 0 Å². The highest BCUT2D eigenvalue weighted by molar-refractivity contribution is 5.92. The van der Waals surface area contributed by atoms with Crippen LogP contribution in [0, 0.1) is 12.8 Å². The molecular weight excluding hydrogens is 240 g/mol. The Balaban J connectivity index is 1.87. The van der Waals surface area contributed by atoms with Gasteiger partial charge in [-0.3, -0.25) is 9.69 Å². The molecule has 1 saturated heterocycles. The second-order valence-corrected chi connectivity index (χ2v) is 5.43. The van der Waals surface area contributed by atoms with Crippen molar-refractivity contribution < 1.29 is 9.90 Å². The average Bonchev–Trinajstić information content (AvgIpc) is 2.37. The highest BCUT2D eigenvalue weighted by Gasteiger charge is 2.25. The van der Waals surface area contributed by atoms with Gasteiger partial charge in [0, 0.05) is 18.8 Å². The Morgan fingerprint density at radius 1 is 1.47 bits per heavy atom. The van der Waals surface area contributed by atoms with Gasteiger partial charge >= 0.3 is 0 Å². The summed E-state index contributed by atoms with van der Waals surface area (Å²) in [5.41, 5.74) is 1.94.